The Balaban J connectivity index is 2.40. The molecule has 0 fully saturated rings. The first-order valence-corrected chi connectivity index (χ1v) is 5.46. The van der Waals surface area contributed by atoms with Crippen molar-refractivity contribution in [1.29, 1.82) is 0 Å². The Hall–Kier alpha value is -2.57. The number of halogens is 3. The van der Waals surface area contributed by atoms with Crippen molar-refractivity contribution in [2.75, 3.05) is 5.73 Å². The lowest BCUT2D eigenvalue weighted by molar-refractivity contribution is -0.137. The molecular formula is C13H9F3N2O2. The first kappa shape index (κ1) is 13.9. The standard InChI is InChI=1S/C13H9F3N2O2/c14-13(15,16)8-3-1-7(2-4-8)9-5-6-10(12(19)20)18-11(9)17/h1-6H,(H2,17,18)(H,19,20). The van der Waals surface area contributed by atoms with E-state index >= 15 is 0 Å². The van der Waals surface area contributed by atoms with Crippen LogP contribution in [0.1, 0.15) is 16.1 Å². The molecule has 0 amide bonds. The SMILES string of the molecule is Nc1nc(C(=O)O)ccc1-c1ccc(C(F)(F)F)cc1. The summed E-state index contributed by atoms with van der Waals surface area (Å²) in [4.78, 5) is 14.4. The topological polar surface area (TPSA) is 76.2 Å². The van der Waals surface area contributed by atoms with E-state index in [1.165, 1.54) is 24.3 Å². The van der Waals surface area contributed by atoms with E-state index in [1.54, 1.807) is 0 Å². The number of hydrogen-bond donors (Lipinski definition) is 2. The van der Waals surface area contributed by atoms with Gasteiger partial charge in [-0.05, 0) is 29.8 Å². The smallest absolute Gasteiger partial charge is 0.416 e. The van der Waals surface area contributed by atoms with Crippen LogP contribution in [-0.2, 0) is 6.18 Å². The van der Waals surface area contributed by atoms with Crippen molar-refractivity contribution < 1.29 is 23.1 Å². The Bertz CT molecular complexity index is 652. The molecule has 0 saturated heterocycles. The Morgan fingerprint density at radius 1 is 1.10 bits per heavy atom. The molecule has 0 aliphatic rings. The van der Waals surface area contributed by atoms with Crippen LogP contribution in [0.2, 0.25) is 0 Å². The third kappa shape index (κ3) is 2.71. The third-order valence-electron chi connectivity index (χ3n) is 2.67. The van der Waals surface area contributed by atoms with Crippen molar-refractivity contribution in [3.63, 3.8) is 0 Å². The zero-order valence-corrected chi connectivity index (χ0v) is 9.98. The Labute approximate surface area is 111 Å². The zero-order chi connectivity index (χ0) is 14.9. The molecule has 1 aromatic heterocycles. The summed E-state index contributed by atoms with van der Waals surface area (Å²) in [6, 6.07) is 7.03. The van der Waals surface area contributed by atoms with Crippen LogP contribution in [0, 0.1) is 0 Å². The second-order valence-electron chi connectivity index (χ2n) is 4.01. The van der Waals surface area contributed by atoms with Gasteiger partial charge < -0.3 is 10.8 Å². The van der Waals surface area contributed by atoms with Crippen LogP contribution in [0.5, 0.6) is 0 Å². The highest BCUT2D eigenvalue weighted by molar-refractivity contribution is 5.87. The summed E-state index contributed by atoms with van der Waals surface area (Å²) in [5.41, 5.74) is 5.43. The molecule has 2 aromatic rings. The number of pyridine rings is 1. The van der Waals surface area contributed by atoms with E-state index in [1.807, 2.05) is 0 Å². The number of benzene rings is 1. The van der Waals surface area contributed by atoms with Crippen LogP contribution < -0.4 is 5.73 Å². The number of nitrogen functional groups attached to an aromatic ring is 1. The van der Waals surface area contributed by atoms with E-state index in [-0.39, 0.29) is 11.5 Å². The number of aromatic carboxylic acids is 1. The molecular weight excluding hydrogens is 273 g/mol. The highest BCUT2D eigenvalue weighted by atomic mass is 19.4. The van der Waals surface area contributed by atoms with Gasteiger partial charge in [-0.15, -0.1) is 0 Å². The fourth-order valence-corrected chi connectivity index (χ4v) is 1.68. The van der Waals surface area contributed by atoms with Gasteiger partial charge in [0.15, 0.2) is 5.69 Å². The molecule has 20 heavy (non-hydrogen) atoms. The van der Waals surface area contributed by atoms with E-state index in [2.05, 4.69) is 4.98 Å². The normalized spacial score (nSPS) is 11.3. The maximum atomic E-state index is 12.4. The predicted molar refractivity (Wildman–Crippen MR) is 66.0 cm³/mol. The van der Waals surface area contributed by atoms with E-state index in [0.717, 1.165) is 12.1 Å². The van der Waals surface area contributed by atoms with Gasteiger partial charge in [-0.1, -0.05) is 12.1 Å². The Kier molecular flexibility index (Phi) is 3.35. The van der Waals surface area contributed by atoms with Crippen LogP contribution in [0.25, 0.3) is 11.1 Å². The molecule has 0 saturated carbocycles. The van der Waals surface area contributed by atoms with Gasteiger partial charge in [0, 0.05) is 5.56 Å². The number of anilines is 1. The molecule has 0 radical (unpaired) electrons. The fourth-order valence-electron chi connectivity index (χ4n) is 1.68. The number of rotatable bonds is 2. The summed E-state index contributed by atoms with van der Waals surface area (Å²) in [6.07, 6.45) is -4.41. The van der Waals surface area contributed by atoms with Crippen LogP contribution in [0.4, 0.5) is 19.0 Å². The van der Waals surface area contributed by atoms with Gasteiger partial charge in [0.1, 0.15) is 5.82 Å². The Morgan fingerprint density at radius 3 is 2.15 bits per heavy atom. The first-order valence-electron chi connectivity index (χ1n) is 5.46. The molecule has 0 unspecified atom stereocenters. The highest BCUT2D eigenvalue weighted by Crippen LogP contribution is 2.32. The van der Waals surface area contributed by atoms with Gasteiger partial charge in [-0.2, -0.15) is 13.2 Å². The number of nitrogens with zero attached hydrogens (tertiary/aromatic N) is 1. The first-order chi connectivity index (χ1) is 9.29. The van der Waals surface area contributed by atoms with Gasteiger partial charge >= 0.3 is 12.1 Å². The minimum absolute atomic E-state index is 0.0512. The molecule has 2 rings (SSSR count). The minimum atomic E-state index is -4.41. The largest absolute Gasteiger partial charge is 0.477 e. The van der Waals surface area contributed by atoms with Crippen molar-refractivity contribution in [1.82, 2.24) is 4.98 Å². The number of alkyl halides is 3. The van der Waals surface area contributed by atoms with Gasteiger partial charge in [-0.25, -0.2) is 9.78 Å². The molecule has 1 aromatic carbocycles. The lowest BCUT2D eigenvalue weighted by Gasteiger charge is -2.09. The lowest BCUT2D eigenvalue weighted by Crippen LogP contribution is -2.05. The van der Waals surface area contributed by atoms with Gasteiger partial charge in [0.05, 0.1) is 5.56 Å². The summed E-state index contributed by atoms with van der Waals surface area (Å²) in [6.45, 7) is 0. The van der Waals surface area contributed by atoms with Crippen LogP contribution in [-0.4, -0.2) is 16.1 Å². The van der Waals surface area contributed by atoms with Crippen LogP contribution in [0.15, 0.2) is 36.4 Å². The van der Waals surface area contributed by atoms with E-state index in [9.17, 15) is 18.0 Å². The number of carboxylic acid groups (broad SMARTS) is 1. The molecule has 1 heterocycles. The summed E-state index contributed by atoms with van der Waals surface area (Å²) >= 11 is 0. The monoisotopic (exact) mass is 282 g/mol. The van der Waals surface area contributed by atoms with Crippen molar-refractivity contribution in [3.05, 3.63) is 47.7 Å². The molecule has 3 N–H and O–H groups in total. The van der Waals surface area contributed by atoms with E-state index in [0.29, 0.717) is 11.1 Å². The maximum absolute atomic E-state index is 12.4. The molecule has 4 nitrogen and oxygen atoms in total. The number of carbonyl (C=O) groups is 1. The van der Waals surface area contributed by atoms with Crippen molar-refractivity contribution in [3.8, 4) is 11.1 Å². The number of nitrogens with two attached hydrogens (primary N) is 1. The molecule has 7 heteroatoms. The molecule has 0 bridgehead atoms. The summed E-state index contributed by atoms with van der Waals surface area (Å²) in [5, 5.41) is 8.75. The van der Waals surface area contributed by atoms with E-state index in [4.69, 9.17) is 10.8 Å². The maximum Gasteiger partial charge on any atom is 0.416 e. The van der Waals surface area contributed by atoms with Crippen molar-refractivity contribution in [2.45, 2.75) is 6.18 Å². The van der Waals surface area contributed by atoms with Crippen LogP contribution in [0.3, 0.4) is 0 Å². The highest BCUT2D eigenvalue weighted by Gasteiger charge is 2.30. The second-order valence-corrected chi connectivity index (χ2v) is 4.01. The minimum Gasteiger partial charge on any atom is -0.477 e. The predicted octanol–water partition coefficient (Wildman–Crippen LogP) is 3.05. The zero-order valence-electron chi connectivity index (χ0n) is 9.98. The average molecular weight is 282 g/mol. The molecule has 0 aliphatic heterocycles. The number of carboxylic acids is 1. The van der Waals surface area contributed by atoms with Gasteiger partial charge in [-0.3, -0.25) is 0 Å². The summed E-state index contributed by atoms with van der Waals surface area (Å²) < 4.78 is 37.3. The van der Waals surface area contributed by atoms with Crippen LogP contribution >= 0.6 is 0 Å². The van der Waals surface area contributed by atoms with E-state index < -0.39 is 17.7 Å². The molecule has 0 atom stereocenters. The second kappa shape index (κ2) is 4.84. The quantitative estimate of drug-likeness (QED) is 0.887. The van der Waals surface area contributed by atoms with Crippen molar-refractivity contribution >= 4 is 11.8 Å². The molecule has 0 spiro atoms. The number of hydrogen-bond acceptors (Lipinski definition) is 3. The van der Waals surface area contributed by atoms with Crippen molar-refractivity contribution in [2.24, 2.45) is 0 Å². The number of aromatic nitrogens is 1. The fraction of sp³-hybridized carbons (Fsp3) is 0.0769. The van der Waals surface area contributed by atoms with Gasteiger partial charge in [0.25, 0.3) is 0 Å². The average Bonchev–Trinajstić information content (AvgIpc) is 2.37. The summed E-state index contributed by atoms with van der Waals surface area (Å²) in [5.74, 6) is -1.28. The Morgan fingerprint density at radius 2 is 1.70 bits per heavy atom. The summed E-state index contributed by atoms with van der Waals surface area (Å²) in [7, 11) is 0. The third-order valence-corrected chi connectivity index (χ3v) is 2.67. The molecule has 0 aliphatic carbocycles. The lowest BCUT2D eigenvalue weighted by atomic mass is 10.0. The molecule has 104 valence electrons. The van der Waals surface area contributed by atoms with Gasteiger partial charge in [0.2, 0.25) is 0 Å².